The summed E-state index contributed by atoms with van der Waals surface area (Å²) < 4.78 is 15.2. The van der Waals surface area contributed by atoms with E-state index in [-0.39, 0.29) is 35.1 Å². The number of phenolic OH excluding ortho intramolecular Hbond substituents is 1. The van der Waals surface area contributed by atoms with Gasteiger partial charge in [0.2, 0.25) is 5.78 Å². The Labute approximate surface area is 213 Å². The smallest absolute Gasteiger partial charge is 0.255 e. The molecule has 10 nitrogen and oxygen atoms in total. The van der Waals surface area contributed by atoms with E-state index in [1.165, 1.54) is 11.0 Å². The molecule has 0 saturated carbocycles. The van der Waals surface area contributed by atoms with Crippen LogP contribution in [0.25, 0.3) is 0 Å². The third-order valence-electron chi connectivity index (χ3n) is 7.80. The number of carbonyl (C=O) groups excluding carboxylic acids is 3. The van der Waals surface area contributed by atoms with Gasteiger partial charge in [0.05, 0.1) is 11.6 Å². The lowest BCUT2D eigenvalue weighted by Gasteiger charge is -2.50. The number of rotatable bonds is 6. The molecule has 1 aromatic carbocycles. The van der Waals surface area contributed by atoms with Crippen molar-refractivity contribution in [3.05, 3.63) is 51.2 Å². The molecule has 200 valence electrons. The summed E-state index contributed by atoms with van der Waals surface area (Å²) in [5.41, 5.74) is 1.35. The van der Waals surface area contributed by atoms with Crippen molar-refractivity contribution in [1.29, 1.82) is 0 Å². The number of aromatic hydroxyl groups is 1. The second-order valence-electron chi connectivity index (χ2n) is 10.6. The highest BCUT2D eigenvalue weighted by atomic mass is 19.1. The van der Waals surface area contributed by atoms with Crippen LogP contribution < -0.4 is 5.73 Å². The summed E-state index contributed by atoms with van der Waals surface area (Å²) in [6.07, 6.45) is 0.733. The van der Waals surface area contributed by atoms with Gasteiger partial charge >= 0.3 is 0 Å². The van der Waals surface area contributed by atoms with Crippen molar-refractivity contribution in [2.24, 2.45) is 17.6 Å². The summed E-state index contributed by atoms with van der Waals surface area (Å²) in [5.74, 6) is -8.13. The van der Waals surface area contributed by atoms with Gasteiger partial charge < -0.3 is 31.1 Å². The van der Waals surface area contributed by atoms with Gasteiger partial charge in [0, 0.05) is 17.1 Å². The van der Waals surface area contributed by atoms with E-state index in [0.717, 1.165) is 0 Å². The molecule has 0 bridgehead atoms. The SMILES string of the molecule is CN(C)CCCc1cc(F)c2c(c1O)C(=O)C1=C(O)[C@]3(O)C(=O)C(C(N)=O)=C(O)[C@@H](N(C)C)[C@@H]3C[C@@H]1C2. The maximum absolute atomic E-state index is 15.2. The Morgan fingerprint density at radius 1 is 1.19 bits per heavy atom. The number of aryl methyl sites for hydroxylation is 1. The number of likely N-dealkylation sites (N-methyl/N-ethyl adjacent to an activating group) is 1. The van der Waals surface area contributed by atoms with E-state index in [0.29, 0.717) is 19.4 Å². The van der Waals surface area contributed by atoms with Gasteiger partial charge in [-0.1, -0.05) is 0 Å². The predicted octanol–water partition coefficient (Wildman–Crippen LogP) is 0.754. The Hall–Kier alpha value is -3.28. The fraction of sp³-hybridized carbons (Fsp3) is 0.500. The third-order valence-corrected chi connectivity index (χ3v) is 7.80. The van der Waals surface area contributed by atoms with Crippen LogP contribution in [0.5, 0.6) is 5.75 Å². The number of nitrogens with zero attached hydrogens (tertiary/aromatic N) is 2. The zero-order valence-corrected chi connectivity index (χ0v) is 21.2. The molecule has 11 heteroatoms. The van der Waals surface area contributed by atoms with Crippen molar-refractivity contribution >= 4 is 17.5 Å². The molecule has 4 rings (SSSR count). The number of aliphatic hydroxyl groups is 3. The lowest BCUT2D eigenvalue weighted by Crippen LogP contribution is -2.63. The second kappa shape index (κ2) is 9.23. The number of aliphatic hydroxyl groups excluding tert-OH is 2. The standard InChI is InChI=1S/C26H32FN3O7/c1-29(2)7-5-6-11-10-15(27)13-8-12-9-14-19(30(3)4)22(33)18(25(28)36)24(35)26(14,37)23(34)16(12)21(32)17(13)20(11)31/h10,12,14,19,31,33-34,37H,5-9H2,1-4H3,(H2,28,36)/t12-,14-,19-,26-/m0/s1. The van der Waals surface area contributed by atoms with E-state index in [1.807, 2.05) is 19.0 Å². The van der Waals surface area contributed by atoms with Gasteiger partial charge in [0.1, 0.15) is 28.7 Å². The normalized spacial score (nSPS) is 27.5. The summed E-state index contributed by atoms with van der Waals surface area (Å²) in [6, 6.07) is 0.119. The number of benzene rings is 1. The highest BCUT2D eigenvalue weighted by Gasteiger charge is 2.63. The van der Waals surface area contributed by atoms with Gasteiger partial charge in [-0.2, -0.15) is 0 Å². The molecule has 0 unspecified atom stereocenters. The summed E-state index contributed by atoms with van der Waals surface area (Å²) in [6.45, 7) is 0.673. The first kappa shape index (κ1) is 26.8. The van der Waals surface area contributed by atoms with E-state index in [4.69, 9.17) is 5.73 Å². The van der Waals surface area contributed by atoms with Crippen LogP contribution in [0.15, 0.2) is 28.7 Å². The van der Waals surface area contributed by atoms with Gasteiger partial charge in [-0.25, -0.2) is 4.39 Å². The zero-order chi connectivity index (χ0) is 27.6. The molecule has 6 N–H and O–H groups in total. The molecule has 0 aliphatic heterocycles. The molecule has 1 aromatic rings. The van der Waals surface area contributed by atoms with Crippen LogP contribution in [0.2, 0.25) is 0 Å². The minimum absolute atomic E-state index is 0.00743. The van der Waals surface area contributed by atoms with E-state index in [9.17, 15) is 34.8 Å². The van der Waals surface area contributed by atoms with Crippen molar-refractivity contribution in [2.75, 3.05) is 34.7 Å². The molecular formula is C26H32FN3O7. The quantitative estimate of drug-likeness (QED) is 0.343. The van der Waals surface area contributed by atoms with E-state index in [1.54, 1.807) is 14.1 Å². The van der Waals surface area contributed by atoms with Crippen LogP contribution >= 0.6 is 0 Å². The van der Waals surface area contributed by atoms with Crippen molar-refractivity contribution in [2.45, 2.75) is 37.3 Å². The second-order valence-corrected chi connectivity index (χ2v) is 10.6. The fourth-order valence-corrected chi connectivity index (χ4v) is 6.10. The lowest BCUT2D eigenvalue weighted by molar-refractivity contribution is -0.148. The van der Waals surface area contributed by atoms with Crippen LogP contribution in [-0.4, -0.2) is 94.1 Å². The summed E-state index contributed by atoms with van der Waals surface area (Å²) in [5, 5.41) is 44.6. The first-order valence-electron chi connectivity index (χ1n) is 12.1. The molecular weight excluding hydrogens is 485 g/mol. The number of amides is 1. The molecule has 3 aliphatic carbocycles. The zero-order valence-electron chi connectivity index (χ0n) is 21.2. The molecule has 0 radical (unpaired) electrons. The van der Waals surface area contributed by atoms with Crippen LogP contribution in [0.3, 0.4) is 0 Å². The largest absolute Gasteiger partial charge is 0.510 e. The third kappa shape index (κ3) is 3.92. The molecule has 0 aromatic heterocycles. The fourth-order valence-electron chi connectivity index (χ4n) is 6.10. The van der Waals surface area contributed by atoms with Crippen molar-refractivity contribution in [1.82, 2.24) is 9.80 Å². The molecule has 0 fully saturated rings. The molecule has 4 atom stereocenters. The number of halogens is 1. The van der Waals surface area contributed by atoms with Crippen LogP contribution in [0, 0.1) is 17.7 Å². The van der Waals surface area contributed by atoms with Crippen LogP contribution in [0.1, 0.15) is 34.3 Å². The van der Waals surface area contributed by atoms with Gasteiger partial charge in [-0.3, -0.25) is 19.3 Å². The van der Waals surface area contributed by atoms with Gasteiger partial charge in [-0.05, 0) is 78.0 Å². The lowest BCUT2D eigenvalue weighted by atomic mass is 9.58. The van der Waals surface area contributed by atoms with Gasteiger partial charge in [0.25, 0.3) is 5.91 Å². The Morgan fingerprint density at radius 3 is 2.41 bits per heavy atom. The number of hydrogen-bond donors (Lipinski definition) is 5. The van der Waals surface area contributed by atoms with Crippen LogP contribution in [0.4, 0.5) is 4.39 Å². The maximum atomic E-state index is 15.2. The van der Waals surface area contributed by atoms with E-state index in [2.05, 4.69) is 0 Å². The minimum atomic E-state index is -2.72. The highest BCUT2D eigenvalue weighted by molar-refractivity contribution is 6.24. The molecule has 0 heterocycles. The summed E-state index contributed by atoms with van der Waals surface area (Å²) >= 11 is 0. The Morgan fingerprint density at radius 2 is 1.84 bits per heavy atom. The number of fused-ring (bicyclic) bond motifs is 3. The Kier molecular flexibility index (Phi) is 6.68. The first-order valence-corrected chi connectivity index (χ1v) is 12.1. The molecule has 0 saturated heterocycles. The van der Waals surface area contributed by atoms with Gasteiger partial charge in [0.15, 0.2) is 11.4 Å². The van der Waals surface area contributed by atoms with Gasteiger partial charge in [-0.15, -0.1) is 0 Å². The average molecular weight is 518 g/mol. The molecule has 37 heavy (non-hydrogen) atoms. The average Bonchev–Trinajstić information content (AvgIpc) is 2.78. The summed E-state index contributed by atoms with van der Waals surface area (Å²) in [4.78, 5) is 42.4. The van der Waals surface area contributed by atoms with Crippen molar-refractivity contribution in [3.63, 3.8) is 0 Å². The topological polar surface area (TPSA) is 165 Å². The van der Waals surface area contributed by atoms with Crippen LogP contribution in [-0.2, 0) is 22.4 Å². The number of phenols is 1. The number of primary amides is 1. The van der Waals surface area contributed by atoms with E-state index < -0.39 is 69.6 Å². The number of allylic oxidation sites excluding steroid dienone is 1. The number of carbonyl (C=O) groups is 3. The molecule has 0 spiro atoms. The number of nitrogens with two attached hydrogens (primary N) is 1. The van der Waals surface area contributed by atoms with Crippen molar-refractivity contribution in [3.8, 4) is 5.75 Å². The molecule has 3 aliphatic rings. The predicted molar refractivity (Wildman–Crippen MR) is 131 cm³/mol. The maximum Gasteiger partial charge on any atom is 0.255 e. The summed E-state index contributed by atoms with van der Waals surface area (Å²) in [7, 11) is 6.84. The first-order chi connectivity index (χ1) is 17.2. The number of Topliss-reactive ketones (excluding diaryl/α,β-unsaturated/α-hetero) is 2. The van der Waals surface area contributed by atoms with Crippen molar-refractivity contribution < 1.29 is 39.2 Å². The Balaban J connectivity index is 1.87. The minimum Gasteiger partial charge on any atom is -0.510 e. The van der Waals surface area contributed by atoms with E-state index >= 15 is 4.39 Å². The number of hydrogen-bond acceptors (Lipinski definition) is 9. The number of ketones is 2. The Bertz CT molecular complexity index is 1270. The molecule has 1 amide bonds. The monoisotopic (exact) mass is 517 g/mol. The highest BCUT2D eigenvalue weighted by Crippen LogP contribution is 2.52.